The van der Waals surface area contributed by atoms with E-state index in [1.54, 1.807) is 13.0 Å². The number of aliphatic carboxylic acids is 1. The molecule has 0 fully saturated rings. The molecule has 1 amide bonds. The zero-order valence-electron chi connectivity index (χ0n) is 13.0. The summed E-state index contributed by atoms with van der Waals surface area (Å²) in [5, 5.41) is 11.6. The molecule has 0 aliphatic carbocycles. The minimum Gasteiger partial charge on any atom is -0.480 e. The van der Waals surface area contributed by atoms with Crippen LogP contribution in [0, 0.1) is 11.7 Å². The summed E-state index contributed by atoms with van der Waals surface area (Å²) < 4.78 is 17.8. The van der Waals surface area contributed by atoms with E-state index in [0.29, 0.717) is 5.56 Å². The predicted molar refractivity (Wildman–Crippen MR) is 80.1 cm³/mol. The second kappa shape index (κ2) is 8.87. The van der Waals surface area contributed by atoms with E-state index in [-0.39, 0.29) is 19.4 Å². The van der Waals surface area contributed by atoms with Gasteiger partial charge in [-0.15, -0.1) is 0 Å². The molecule has 0 heterocycles. The lowest BCUT2D eigenvalue weighted by Crippen LogP contribution is -2.46. The van der Waals surface area contributed by atoms with Crippen molar-refractivity contribution in [3.63, 3.8) is 0 Å². The fourth-order valence-corrected chi connectivity index (χ4v) is 2.10. The first kappa shape index (κ1) is 18.6. The van der Waals surface area contributed by atoms with Crippen LogP contribution in [0.15, 0.2) is 24.3 Å². The Morgan fingerprint density at radius 2 is 2.04 bits per heavy atom. The molecule has 0 saturated heterocycles. The van der Waals surface area contributed by atoms with Crippen molar-refractivity contribution in [2.24, 2.45) is 5.92 Å². The van der Waals surface area contributed by atoms with Crippen molar-refractivity contribution in [1.29, 1.82) is 0 Å². The van der Waals surface area contributed by atoms with E-state index in [2.05, 4.69) is 5.32 Å². The van der Waals surface area contributed by atoms with Crippen LogP contribution in [0.2, 0.25) is 0 Å². The molecule has 23 heavy (non-hydrogen) atoms. The van der Waals surface area contributed by atoms with Crippen LogP contribution in [-0.4, -0.2) is 35.6 Å². The van der Waals surface area contributed by atoms with Crippen LogP contribution in [-0.2, 0) is 25.5 Å². The molecule has 0 radical (unpaired) electrons. The lowest BCUT2D eigenvalue weighted by atomic mass is 9.98. The number of hydrogen-bond donors (Lipinski definition) is 2. The Morgan fingerprint density at radius 1 is 1.35 bits per heavy atom. The lowest BCUT2D eigenvalue weighted by molar-refractivity contribution is -0.147. The molecule has 126 valence electrons. The molecule has 2 atom stereocenters. The van der Waals surface area contributed by atoms with E-state index in [4.69, 9.17) is 4.74 Å². The molecule has 0 unspecified atom stereocenters. The highest BCUT2D eigenvalue weighted by molar-refractivity contribution is 5.85. The Hall–Kier alpha value is -2.44. The van der Waals surface area contributed by atoms with Gasteiger partial charge >= 0.3 is 11.9 Å². The number of esters is 1. The number of nitrogens with one attached hydrogen (secondary N) is 1. The second-order valence-electron chi connectivity index (χ2n) is 5.18. The van der Waals surface area contributed by atoms with E-state index in [1.165, 1.54) is 25.1 Å². The van der Waals surface area contributed by atoms with Crippen molar-refractivity contribution < 1.29 is 28.6 Å². The Labute approximate surface area is 133 Å². The largest absolute Gasteiger partial charge is 0.480 e. The van der Waals surface area contributed by atoms with Gasteiger partial charge in [0.25, 0.3) is 0 Å². The zero-order chi connectivity index (χ0) is 17.4. The number of carboxylic acids is 1. The molecule has 0 aliphatic heterocycles. The van der Waals surface area contributed by atoms with Gasteiger partial charge in [-0.1, -0.05) is 19.1 Å². The first-order valence-corrected chi connectivity index (χ1v) is 7.25. The molecule has 1 aromatic rings. The Bertz CT molecular complexity index is 575. The van der Waals surface area contributed by atoms with Crippen molar-refractivity contribution in [3.8, 4) is 0 Å². The number of amides is 1. The van der Waals surface area contributed by atoms with Gasteiger partial charge in [0.05, 0.1) is 19.4 Å². The number of carboxylic acid groups (broad SMARTS) is 1. The highest BCUT2D eigenvalue weighted by Gasteiger charge is 2.28. The topological polar surface area (TPSA) is 92.7 Å². The van der Waals surface area contributed by atoms with Crippen LogP contribution in [0.5, 0.6) is 0 Å². The zero-order valence-corrected chi connectivity index (χ0v) is 13.0. The number of benzene rings is 1. The number of hydrogen-bond acceptors (Lipinski definition) is 4. The van der Waals surface area contributed by atoms with E-state index in [0.717, 1.165) is 0 Å². The van der Waals surface area contributed by atoms with Crippen LogP contribution in [0.4, 0.5) is 4.39 Å². The summed E-state index contributed by atoms with van der Waals surface area (Å²) in [4.78, 5) is 34.7. The third-order valence-electron chi connectivity index (χ3n) is 3.20. The predicted octanol–water partition coefficient (Wildman–Crippen LogP) is 1.53. The molecular formula is C16H20FNO5. The van der Waals surface area contributed by atoms with Gasteiger partial charge in [0.1, 0.15) is 11.9 Å². The molecule has 0 aromatic heterocycles. The molecule has 0 bridgehead atoms. The van der Waals surface area contributed by atoms with Gasteiger partial charge in [-0.2, -0.15) is 0 Å². The van der Waals surface area contributed by atoms with Gasteiger partial charge < -0.3 is 15.2 Å². The molecule has 6 nitrogen and oxygen atoms in total. The van der Waals surface area contributed by atoms with Crippen LogP contribution >= 0.6 is 0 Å². The number of carbonyl (C=O) groups excluding carboxylic acids is 2. The highest BCUT2D eigenvalue weighted by Crippen LogP contribution is 2.11. The summed E-state index contributed by atoms with van der Waals surface area (Å²) in [6, 6.07) is 4.27. The van der Waals surface area contributed by atoms with Crippen LogP contribution in [0.3, 0.4) is 0 Å². The minimum absolute atomic E-state index is 0.120. The maximum Gasteiger partial charge on any atom is 0.326 e. The summed E-state index contributed by atoms with van der Waals surface area (Å²) in [6.45, 7) is 3.39. The molecule has 0 aliphatic rings. The van der Waals surface area contributed by atoms with E-state index in [1.807, 2.05) is 0 Å². The maximum atomic E-state index is 13.1. The van der Waals surface area contributed by atoms with Crippen molar-refractivity contribution >= 4 is 17.8 Å². The van der Waals surface area contributed by atoms with Crippen molar-refractivity contribution in [2.45, 2.75) is 32.7 Å². The van der Waals surface area contributed by atoms with Crippen LogP contribution in [0.25, 0.3) is 0 Å². The van der Waals surface area contributed by atoms with E-state index < -0.39 is 35.6 Å². The number of carbonyl (C=O) groups is 3. The normalized spacial score (nSPS) is 13.0. The van der Waals surface area contributed by atoms with Crippen LogP contribution in [0.1, 0.15) is 25.8 Å². The average molecular weight is 325 g/mol. The van der Waals surface area contributed by atoms with Crippen molar-refractivity contribution in [2.75, 3.05) is 6.61 Å². The van der Waals surface area contributed by atoms with E-state index >= 15 is 0 Å². The minimum atomic E-state index is -1.24. The van der Waals surface area contributed by atoms with Gasteiger partial charge in [-0.05, 0) is 30.5 Å². The summed E-state index contributed by atoms with van der Waals surface area (Å²) in [5.74, 6) is -3.43. The summed E-state index contributed by atoms with van der Waals surface area (Å²) in [7, 11) is 0. The number of rotatable bonds is 8. The van der Waals surface area contributed by atoms with Gasteiger partial charge in [-0.3, -0.25) is 9.59 Å². The van der Waals surface area contributed by atoms with Crippen LogP contribution < -0.4 is 5.32 Å². The average Bonchev–Trinajstić information content (AvgIpc) is 2.44. The molecule has 7 heteroatoms. The quantitative estimate of drug-likeness (QED) is 0.707. The van der Waals surface area contributed by atoms with Crippen molar-refractivity contribution in [3.05, 3.63) is 35.6 Å². The SMILES string of the molecule is CCOC(=O)C[C@H](C)[C@@H](NC(=O)Cc1cccc(F)c1)C(=O)O. The summed E-state index contributed by atoms with van der Waals surface area (Å²) in [6.07, 6.45) is -0.265. The third-order valence-corrected chi connectivity index (χ3v) is 3.20. The monoisotopic (exact) mass is 325 g/mol. The molecule has 2 N–H and O–H groups in total. The maximum absolute atomic E-state index is 13.1. The Kier molecular flexibility index (Phi) is 7.18. The summed E-state index contributed by atoms with van der Waals surface area (Å²) >= 11 is 0. The first-order chi connectivity index (χ1) is 10.8. The highest BCUT2D eigenvalue weighted by atomic mass is 19.1. The van der Waals surface area contributed by atoms with Gasteiger partial charge in [0, 0.05) is 0 Å². The second-order valence-corrected chi connectivity index (χ2v) is 5.18. The fourth-order valence-electron chi connectivity index (χ4n) is 2.10. The number of ether oxygens (including phenoxy) is 1. The molecular weight excluding hydrogens is 305 g/mol. The molecule has 1 aromatic carbocycles. The standard InChI is InChI=1S/C16H20FNO5/c1-3-23-14(20)7-10(2)15(16(21)22)18-13(19)9-11-5-4-6-12(17)8-11/h4-6,8,10,15H,3,7,9H2,1-2H3,(H,18,19)(H,21,22)/t10-,15+/m0/s1. The molecule has 0 saturated carbocycles. The van der Waals surface area contributed by atoms with Crippen molar-refractivity contribution in [1.82, 2.24) is 5.32 Å². The Balaban J connectivity index is 2.66. The van der Waals surface area contributed by atoms with Gasteiger partial charge in [0.2, 0.25) is 5.91 Å². The smallest absolute Gasteiger partial charge is 0.326 e. The third kappa shape index (κ3) is 6.46. The molecule has 0 spiro atoms. The lowest BCUT2D eigenvalue weighted by Gasteiger charge is -2.20. The van der Waals surface area contributed by atoms with E-state index in [9.17, 15) is 23.9 Å². The molecule has 1 rings (SSSR count). The first-order valence-electron chi connectivity index (χ1n) is 7.25. The van der Waals surface area contributed by atoms with Gasteiger partial charge in [-0.25, -0.2) is 9.18 Å². The number of halogens is 1. The summed E-state index contributed by atoms with van der Waals surface area (Å²) in [5.41, 5.74) is 0.435. The fraction of sp³-hybridized carbons (Fsp3) is 0.438. The van der Waals surface area contributed by atoms with Gasteiger partial charge in [0.15, 0.2) is 0 Å². The Morgan fingerprint density at radius 3 is 2.61 bits per heavy atom.